The van der Waals surface area contributed by atoms with Crippen LogP contribution in [0.5, 0.6) is 0 Å². The Labute approximate surface area is 492 Å². The molecule has 0 aromatic carbocycles. The second kappa shape index (κ2) is 67.5. The van der Waals surface area contributed by atoms with Crippen LogP contribution in [0, 0.1) is 0 Å². The van der Waals surface area contributed by atoms with E-state index in [1.165, 1.54) is 41.5 Å². The topological polar surface area (TPSA) is 524 Å². The number of carbonyl (C=O) groups is 6. The van der Waals surface area contributed by atoms with Crippen molar-refractivity contribution in [2.75, 3.05) is 39.6 Å². The first-order valence-corrected chi connectivity index (χ1v) is 15.6. The van der Waals surface area contributed by atoms with Gasteiger partial charge in [0.05, 0.1) is 88.2 Å². The quantitative estimate of drug-likeness (QED) is 0.0639. The molecule has 0 fully saturated rings. The van der Waals surface area contributed by atoms with Gasteiger partial charge in [-0.1, -0.05) is 0 Å². The first-order chi connectivity index (χ1) is 25.2. The Hall–Kier alpha value is 2.26. The Morgan fingerprint density at radius 2 is 0.419 bits per heavy atom. The van der Waals surface area contributed by atoms with Gasteiger partial charge in [-0.25, -0.2) is 0 Å². The van der Waals surface area contributed by atoms with Crippen LogP contribution in [0.2, 0.25) is 0 Å². The summed E-state index contributed by atoms with van der Waals surface area (Å²) < 4.78 is 0. The minimum absolute atomic E-state index is 0. The van der Waals surface area contributed by atoms with E-state index in [9.17, 15) is 59.4 Å². The summed E-state index contributed by atoms with van der Waals surface area (Å²) in [7, 11) is 0. The molecule has 0 bridgehead atoms. The summed E-state index contributed by atoms with van der Waals surface area (Å²) in [6.07, 6.45) is -8.79. The van der Waals surface area contributed by atoms with E-state index in [4.69, 9.17) is 71.5 Å². The fourth-order valence-electron chi connectivity index (χ4n) is 1.37. The monoisotopic (exact) mass is 972 g/mol. The molecule has 0 saturated heterocycles. The number of aliphatic hydroxyl groups is 14. The molecule has 32 heteroatoms. The Morgan fingerprint density at radius 1 is 0.339 bits per heavy atom. The summed E-state index contributed by atoms with van der Waals surface area (Å²) >= 11 is 0. The van der Waals surface area contributed by atoms with Crippen LogP contribution in [0.1, 0.15) is 67.2 Å². The third kappa shape index (κ3) is 109. The van der Waals surface area contributed by atoms with Crippen LogP contribution in [-0.2, 0) is 28.8 Å². The molecule has 26 nitrogen and oxygen atoms in total. The fraction of sp³-hybridized carbons (Fsp3) is 0.800. The van der Waals surface area contributed by atoms with Gasteiger partial charge in [0.1, 0.15) is 11.2 Å². The fourth-order valence-corrected chi connectivity index (χ4v) is 1.37. The molecule has 0 rings (SSSR count). The largest absolute Gasteiger partial charge is 1.00 e. The summed E-state index contributed by atoms with van der Waals surface area (Å²) in [6.45, 7) is 8.33. The standard InChI is InChI=1S/2C6H8O7.6C3H8O2.6Na/c2*7-3(8)1-6(13,5(11)12)2-4(9)10;6*1-3(5)2-4;;;;;;/h2*13H,1-2H2,(H,7,8)(H,9,10)(H,11,12);6*3-5H,2H2,1H3;;;;;;/q;;;;;;;;6*+1/p-6. The number of carboxylic acids is 6. The minimum atomic E-state index is -2.97. The predicted molar refractivity (Wildman–Crippen MR) is 171 cm³/mol. The number of aliphatic hydroxyl groups excluding tert-OH is 12. The van der Waals surface area contributed by atoms with E-state index in [0.717, 1.165) is 0 Å². The number of hydrogen-bond acceptors (Lipinski definition) is 26. The Balaban J connectivity index is -0.0000000364. The van der Waals surface area contributed by atoms with E-state index >= 15 is 0 Å². The molecular formula is C30H58Na6O26. The van der Waals surface area contributed by atoms with Crippen molar-refractivity contribution in [3.05, 3.63) is 0 Å². The average Bonchev–Trinajstić information content (AvgIpc) is 3.04. The molecule has 0 saturated carbocycles. The molecule has 0 aromatic rings. The van der Waals surface area contributed by atoms with Crippen LogP contribution >= 0.6 is 0 Å². The smallest absolute Gasteiger partial charge is 0.550 e. The minimum Gasteiger partial charge on any atom is -0.550 e. The molecule has 340 valence electrons. The molecule has 0 aliphatic heterocycles. The Bertz CT molecular complexity index is 848. The number of carbonyl (C=O) groups excluding carboxylic acids is 6. The second-order valence-corrected chi connectivity index (χ2v) is 11.0. The van der Waals surface area contributed by atoms with Gasteiger partial charge in [0.2, 0.25) is 0 Å². The van der Waals surface area contributed by atoms with Crippen LogP contribution < -0.4 is 208 Å². The summed E-state index contributed by atoms with van der Waals surface area (Å²) in [4.78, 5) is 60.0. The molecule has 0 aromatic heterocycles. The Morgan fingerprint density at radius 3 is 0.452 bits per heavy atom. The van der Waals surface area contributed by atoms with E-state index in [1.807, 2.05) is 0 Å². The molecule has 0 aliphatic carbocycles. The summed E-state index contributed by atoms with van der Waals surface area (Å²) in [5.41, 5.74) is -5.95. The van der Waals surface area contributed by atoms with Gasteiger partial charge in [-0.15, -0.1) is 0 Å². The Kier molecular flexibility index (Phi) is 111. The summed E-state index contributed by atoms with van der Waals surface area (Å²) in [6, 6.07) is 0. The molecular weight excluding hydrogens is 914 g/mol. The van der Waals surface area contributed by atoms with Crippen molar-refractivity contribution in [3.63, 3.8) is 0 Å². The second-order valence-electron chi connectivity index (χ2n) is 11.0. The van der Waals surface area contributed by atoms with Gasteiger partial charge < -0.3 is 131 Å². The molecule has 0 amide bonds. The van der Waals surface area contributed by atoms with Crippen LogP contribution in [0.25, 0.3) is 0 Å². The first-order valence-electron chi connectivity index (χ1n) is 15.6. The van der Waals surface area contributed by atoms with Crippen molar-refractivity contribution in [2.24, 2.45) is 0 Å². The zero-order valence-electron chi connectivity index (χ0n) is 37.7. The molecule has 14 N–H and O–H groups in total. The van der Waals surface area contributed by atoms with Gasteiger partial charge >= 0.3 is 177 Å². The van der Waals surface area contributed by atoms with Gasteiger partial charge in [0.25, 0.3) is 0 Å². The molecule has 0 heterocycles. The number of hydrogen-bond donors (Lipinski definition) is 14. The van der Waals surface area contributed by atoms with Crippen molar-refractivity contribution in [1.82, 2.24) is 0 Å². The van der Waals surface area contributed by atoms with Crippen LogP contribution in [0.3, 0.4) is 0 Å². The maximum atomic E-state index is 10.1. The third-order valence-electron chi connectivity index (χ3n) is 4.09. The van der Waals surface area contributed by atoms with Gasteiger partial charge in [0, 0.05) is 49.6 Å². The van der Waals surface area contributed by atoms with E-state index < -0.39 is 109 Å². The van der Waals surface area contributed by atoms with Crippen molar-refractivity contribution in [3.8, 4) is 0 Å². The first kappa shape index (κ1) is 102. The number of rotatable bonds is 16. The maximum absolute atomic E-state index is 10.1. The zero-order valence-corrected chi connectivity index (χ0v) is 49.7. The molecule has 0 spiro atoms. The number of carboxylic acid groups (broad SMARTS) is 6. The van der Waals surface area contributed by atoms with Crippen molar-refractivity contribution < 1.29 is 308 Å². The van der Waals surface area contributed by atoms with Crippen molar-refractivity contribution in [1.29, 1.82) is 0 Å². The van der Waals surface area contributed by atoms with Crippen LogP contribution in [0.15, 0.2) is 0 Å². The van der Waals surface area contributed by atoms with Gasteiger partial charge in [-0.05, 0) is 41.5 Å². The van der Waals surface area contributed by atoms with Crippen LogP contribution in [0.4, 0.5) is 0 Å². The SMILES string of the molecule is CC(O)CO.CC(O)CO.CC(O)CO.CC(O)CO.CC(O)CO.CC(O)CO.O=C([O-])CC(O)(CC(=O)[O-])C(=O)[O-].O=C([O-])CC(O)(CC(=O)[O-])C(=O)[O-].[Na+].[Na+].[Na+].[Na+].[Na+].[Na+]. The average molecular weight is 973 g/mol. The van der Waals surface area contributed by atoms with E-state index in [2.05, 4.69) is 0 Å². The molecule has 62 heavy (non-hydrogen) atoms. The van der Waals surface area contributed by atoms with Gasteiger partial charge in [-0.3, -0.25) is 0 Å². The van der Waals surface area contributed by atoms with E-state index in [1.54, 1.807) is 0 Å². The summed E-state index contributed by atoms with van der Waals surface area (Å²) in [5.74, 6) is -12.0. The maximum Gasteiger partial charge on any atom is 1.00 e. The normalized spacial score (nSPS) is 11.8. The van der Waals surface area contributed by atoms with Gasteiger partial charge in [0.15, 0.2) is 0 Å². The van der Waals surface area contributed by atoms with Crippen LogP contribution in [-0.4, -0.2) is 195 Å². The van der Waals surface area contributed by atoms with E-state index in [-0.39, 0.29) is 217 Å². The van der Waals surface area contributed by atoms with Crippen molar-refractivity contribution in [2.45, 2.75) is 115 Å². The molecule has 6 atom stereocenters. The predicted octanol–water partition coefficient (Wildman–Crippen LogP) is -32.3. The molecule has 6 unspecified atom stereocenters. The number of aliphatic carboxylic acids is 6. The molecule has 0 radical (unpaired) electrons. The molecule has 0 aliphatic rings. The third-order valence-corrected chi connectivity index (χ3v) is 4.09. The van der Waals surface area contributed by atoms with Crippen molar-refractivity contribution >= 4 is 35.8 Å². The zero-order chi connectivity index (χ0) is 47.0. The van der Waals surface area contributed by atoms with E-state index in [0.29, 0.717) is 0 Å². The summed E-state index contributed by atoms with van der Waals surface area (Å²) in [5, 5.41) is 174. The van der Waals surface area contributed by atoms with Gasteiger partial charge in [-0.2, -0.15) is 0 Å².